The van der Waals surface area contributed by atoms with Crippen LogP contribution in [0.15, 0.2) is 24.7 Å². The summed E-state index contributed by atoms with van der Waals surface area (Å²) in [5.74, 6) is 7.71. The lowest BCUT2D eigenvalue weighted by Crippen LogP contribution is -2.16. The molecular formula is C19H19N7O. The Bertz CT molecular complexity index is 1090. The van der Waals surface area contributed by atoms with Crippen LogP contribution in [0.4, 0.5) is 11.6 Å². The Kier molecular flexibility index (Phi) is 4.20. The average Bonchev–Trinajstić information content (AvgIpc) is 3.26. The van der Waals surface area contributed by atoms with Crippen LogP contribution in [0.1, 0.15) is 24.5 Å². The zero-order valence-electron chi connectivity index (χ0n) is 15.3. The summed E-state index contributed by atoms with van der Waals surface area (Å²) >= 11 is 0. The maximum atomic E-state index is 12.2. The summed E-state index contributed by atoms with van der Waals surface area (Å²) in [5.41, 5.74) is 2.12. The summed E-state index contributed by atoms with van der Waals surface area (Å²) in [5, 5.41) is 19.1. The van der Waals surface area contributed by atoms with Gasteiger partial charge in [-0.1, -0.05) is 18.8 Å². The van der Waals surface area contributed by atoms with Gasteiger partial charge in [-0.15, -0.1) is 10.2 Å². The van der Waals surface area contributed by atoms with Crippen LogP contribution in [-0.4, -0.2) is 37.9 Å². The van der Waals surface area contributed by atoms with Gasteiger partial charge in [-0.3, -0.25) is 9.48 Å². The minimum atomic E-state index is -0.0120. The molecule has 3 aromatic heterocycles. The molecule has 2 atom stereocenters. The normalized spacial score (nSPS) is 17.9. The molecule has 27 heavy (non-hydrogen) atoms. The van der Waals surface area contributed by atoms with Gasteiger partial charge in [0.15, 0.2) is 11.6 Å². The highest BCUT2D eigenvalue weighted by atomic mass is 16.2. The molecule has 4 rings (SSSR count). The molecule has 1 fully saturated rings. The van der Waals surface area contributed by atoms with Gasteiger partial charge in [0.2, 0.25) is 5.91 Å². The van der Waals surface area contributed by atoms with Gasteiger partial charge in [0.1, 0.15) is 5.52 Å². The number of carbonyl (C=O) groups excluding carboxylic acids is 1. The van der Waals surface area contributed by atoms with Gasteiger partial charge in [-0.25, -0.2) is 4.98 Å². The molecule has 0 unspecified atom stereocenters. The number of carbonyl (C=O) groups is 1. The second-order valence-electron chi connectivity index (χ2n) is 6.72. The van der Waals surface area contributed by atoms with Crippen molar-refractivity contribution in [2.45, 2.75) is 13.3 Å². The van der Waals surface area contributed by atoms with E-state index in [1.54, 1.807) is 30.2 Å². The van der Waals surface area contributed by atoms with Crippen LogP contribution in [0.2, 0.25) is 0 Å². The van der Waals surface area contributed by atoms with Crippen molar-refractivity contribution < 1.29 is 4.79 Å². The van der Waals surface area contributed by atoms with E-state index in [-0.39, 0.29) is 11.8 Å². The van der Waals surface area contributed by atoms with E-state index in [2.05, 4.69) is 49.7 Å². The van der Waals surface area contributed by atoms with Crippen LogP contribution >= 0.6 is 0 Å². The fraction of sp³-hybridized carbons (Fsp3) is 0.316. The molecule has 1 saturated carbocycles. The highest BCUT2D eigenvalue weighted by molar-refractivity contribution is 5.97. The van der Waals surface area contributed by atoms with E-state index in [9.17, 15) is 4.79 Å². The third-order valence-corrected chi connectivity index (χ3v) is 4.61. The fourth-order valence-corrected chi connectivity index (χ4v) is 2.91. The molecule has 0 saturated heterocycles. The number of nitrogens with zero attached hydrogens (tertiary/aromatic N) is 5. The zero-order chi connectivity index (χ0) is 19.0. The summed E-state index contributed by atoms with van der Waals surface area (Å²) < 4.78 is 1.70. The van der Waals surface area contributed by atoms with Crippen LogP contribution < -0.4 is 10.6 Å². The SMILES string of the molecule is CNc1ncc(C#Cc2cnn(C)c2)c2cc(NC(=O)[C@H]3C[C@H]3C)nnc12. The molecule has 0 spiro atoms. The topological polar surface area (TPSA) is 97.6 Å². The number of anilines is 2. The third kappa shape index (κ3) is 3.44. The molecule has 8 heteroatoms. The van der Waals surface area contributed by atoms with Crippen molar-refractivity contribution >= 4 is 28.4 Å². The largest absolute Gasteiger partial charge is 0.371 e. The second-order valence-corrected chi connectivity index (χ2v) is 6.72. The van der Waals surface area contributed by atoms with Gasteiger partial charge in [-0.05, 0) is 18.4 Å². The highest BCUT2D eigenvalue weighted by Gasteiger charge is 2.39. The molecule has 1 aliphatic carbocycles. The first-order valence-corrected chi connectivity index (χ1v) is 8.71. The summed E-state index contributed by atoms with van der Waals surface area (Å²) in [6, 6.07) is 1.79. The number of nitrogens with one attached hydrogen (secondary N) is 2. The Balaban J connectivity index is 1.72. The van der Waals surface area contributed by atoms with Gasteiger partial charge in [0.05, 0.1) is 17.3 Å². The molecule has 2 N–H and O–H groups in total. The number of aryl methyl sites for hydroxylation is 1. The van der Waals surface area contributed by atoms with Gasteiger partial charge >= 0.3 is 0 Å². The molecule has 0 bridgehead atoms. The zero-order valence-corrected chi connectivity index (χ0v) is 15.3. The standard InChI is InChI=1S/C19H19N7O/c1-11-6-14(11)19(27)23-16-7-15-13(5-4-12-8-22-26(3)10-12)9-21-18(20-2)17(15)25-24-16/h7-11,14H,6H2,1-3H3,(H,20,21)(H,23,24,27)/t11-,14+/m1/s1. The van der Waals surface area contributed by atoms with Crippen molar-refractivity contribution in [2.75, 3.05) is 17.7 Å². The van der Waals surface area contributed by atoms with Crippen molar-refractivity contribution in [3.05, 3.63) is 35.8 Å². The highest BCUT2D eigenvalue weighted by Crippen LogP contribution is 2.38. The molecule has 3 aromatic rings. The third-order valence-electron chi connectivity index (χ3n) is 4.61. The Morgan fingerprint density at radius 2 is 2.11 bits per heavy atom. The summed E-state index contributed by atoms with van der Waals surface area (Å²) in [6.07, 6.45) is 6.15. The smallest absolute Gasteiger partial charge is 0.228 e. The maximum Gasteiger partial charge on any atom is 0.228 e. The molecule has 8 nitrogen and oxygen atoms in total. The molecular weight excluding hydrogens is 342 g/mol. The van der Waals surface area contributed by atoms with Crippen LogP contribution in [0.3, 0.4) is 0 Å². The van der Waals surface area contributed by atoms with Crippen molar-refractivity contribution in [2.24, 2.45) is 18.9 Å². The lowest BCUT2D eigenvalue weighted by Gasteiger charge is -2.08. The summed E-state index contributed by atoms with van der Waals surface area (Å²) in [4.78, 5) is 16.6. The van der Waals surface area contributed by atoms with Crippen molar-refractivity contribution in [1.82, 2.24) is 25.0 Å². The summed E-state index contributed by atoms with van der Waals surface area (Å²) in [6.45, 7) is 2.06. The van der Waals surface area contributed by atoms with Crippen molar-refractivity contribution in [1.29, 1.82) is 0 Å². The van der Waals surface area contributed by atoms with E-state index in [4.69, 9.17) is 0 Å². The average molecular weight is 361 g/mol. The minimum Gasteiger partial charge on any atom is -0.371 e. The number of fused-ring (bicyclic) bond motifs is 1. The first-order valence-electron chi connectivity index (χ1n) is 8.71. The van der Waals surface area contributed by atoms with E-state index in [1.807, 2.05) is 13.2 Å². The van der Waals surface area contributed by atoms with E-state index in [1.165, 1.54) is 0 Å². The predicted molar refractivity (Wildman–Crippen MR) is 102 cm³/mol. The van der Waals surface area contributed by atoms with Crippen LogP contribution in [0.5, 0.6) is 0 Å². The first kappa shape index (κ1) is 17.0. The quantitative estimate of drug-likeness (QED) is 0.691. The Labute approximate surface area is 156 Å². The van der Waals surface area contributed by atoms with Crippen molar-refractivity contribution in [3.8, 4) is 11.8 Å². The van der Waals surface area contributed by atoms with Gasteiger partial charge in [0.25, 0.3) is 0 Å². The fourth-order valence-electron chi connectivity index (χ4n) is 2.91. The minimum absolute atomic E-state index is 0.0120. The lowest BCUT2D eigenvalue weighted by molar-refractivity contribution is -0.117. The second kappa shape index (κ2) is 6.68. The number of hydrogen-bond donors (Lipinski definition) is 2. The first-order chi connectivity index (χ1) is 13.0. The molecule has 1 amide bonds. The molecule has 136 valence electrons. The molecule has 1 aliphatic rings. The number of pyridine rings is 1. The Morgan fingerprint density at radius 3 is 2.78 bits per heavy atom. The van der Waals surface area contributed by atoms with Gasteiger partial charge in [-0.2, -0.15) is 5.10 Å². The van der Waals surface area contributed by atoms with Crippen LogP contribution in [-0.2, 0) is 11.8 Å². The predicted octanol–water partition coefficient (Wildman–Crippen LogP) is 1.79. The number of aromatic nitrogens is 5. The van der Waals surface area contributed by atoms with Crippen LogP contribution in [0.25, 0.3) is 10.9 Å². The number of amides is 1. The number of rotatable bonds is 3. The molecule has 0 aliphatic heterocycles. The Hall–Kier alpha value is -3.47. The van der Waals surface area contributed by atoms with E-state index in [0.717, 1.165) is 17.4 Å². The van der Waals surface area contributed by atoms with E-state index < -0.39 is 0 Å². The summed E-state index contributed by atoms with van der Waals surface area (Å²) in [7, 11) is 3.61. The van der Waals surface area contributed by atoms with E-state index >= 15 is 0 Å². The number of hydrogen-bond acceptors (Lipinski definition) is 6. The maximum absolute atomic E-state index is 12.2. The lowest BCUT2D eigenvalue weighted by atomic mass is 10.1. The molecule has 0 radical (unpaired) electrons. The molecule has 0 aromatic carbocycles. The Morgan fingerprint density at radius 1 is 1.30 bits per heavy atom. The van der Waals surface area contributed by atoms with Gasteiger partial charge < -0.3 is 10.6 Å². The molecule has 3 heterocycles. The monoisotopic (exact) mass is 361 g/mol. The van der Waals surface area contributed by atoms with E-state index in [0.29, 0.717) is 28.6 Å². The van der Waals surface area contributed by atoms with Crippen molar-refractivity contribution in [3.63, 3.8) is 0 Å². The van der Waals surface area contributed by atoms with Crippen LogP contribution in [0, 0.1) is 23.7 Å². The van der Waals surface area contributed by atoms with Gasteiger partial charge in [0, 0.05) is 37.8 Å².